The van der Waals surface area contributed by atoms with Crippen LogP contribution in [-0.2, 0) is 4.79 Å². The van der Waals surface area contributed by atoms with Crippen molar-refractivity contribution in [2.75, 3.05) is 0 Å². The van der Waals surface area contributed by atoms with E-state index in [1.807, 2.05) is 0 Å². The fraction of sp³-hybridized carbons (Fsp3) is 0.933. The van der Waals surface area contributed by atoms with E-state index in [0.29, 0.717) is 10.5 Å². The minimum Gasteiger partial charge on any atom is -0.275 e. The zero-order chi connectivity index (χ0) is 14.3. The highest BCUT2D eigenvalue weighted by Gasteiger charge is 2.05. The number of hydrogen-bond donors (Lipinski definition) is 1. The molecule has 0 rings (SSSR count). The van der Waals surface area contributed by atoms with Crippen LogP contribution in [0.2, 0.25) is 0 Å². The molecule has 0 saturated carbocycles. The van der Waals surface area contributed by atoms with Crippen LogP contribution >= 0.6 is 16.1 Å². The summed E-state index contributed by atoms with van der Waals surface area (Å²) < 4.78 is 0.505. The molecule has 0 atom stereocenters. The maximum Gasteiger partial charge on any atom is 0.256 e. The lowest BCUT2D eigenvalue weighted by Crippen LogP contribution is -2.15. The van der Waals surface area contributed by atoms with Gasteiger partial charge in [-0.2, -0.15) is 4.09 Å². The van der Waals surface area contributed by atoms with Crippen molar-refractivity contribution in [3.8, 4) is 0 Å². The summed E-state index contributed by atoms with van der Waals surface area (Å²) in [7, 11) is 0. The van der Waals surface area contributed by atoms with Crippen LogP contribution < -0.4 is 0 Å². The molecule has 0 aromatic rings. The van der Waals surface area contributed by atoms with Crippen LogP contribution in [-0.4, -0.2) is 15.2 Å². The highest BCUT2D eigenvalue weighted by molar-refractivity contribution is 9.07. The van der Waals surface area contributed by atoms with Crippen LogP contribution in [0.1, 0.15) is 90.4 Å². The van der Waals surface area contributed by atoms with Gasteiger partial charge >= 0.3 is 0 Å². The lowest BCUT2D eigenvalue weighted by molar-refractivity contribution is -0.143. The molecule has 0 heterocycles. The number of hydroxylamine groups is 1. The predicted octanol–water partition coefficient (Wildman–Crippen LogP) is 5.61. The first-order chi connectivity index (χ1) is 9.18. The smallest absolute Gasteiger partial charge is 0.256 e. The molecule has 3 nitrogen and oxygen atoms in total. The Hall–Kier alpha value is -0.0900. The van der Waals surface area contributed by atoms with E-state index >= 15 is 0 Å². The summed E-state index contributed by atoms with van der Waals surface area (Å²) in [5.74, 6) is -0.257. The Labute approximate surface area is 127 Å². The third-order valence-corrected chi connectivity index (χ3v) is 3.85. The Bertz CT molecular complexity index is 210. The molecule has 114 valence electrons. The van der Waals surface area contributed by atoms with Crippen molar-refractivity contribution in [3.05, 3.63) is 0 Å². The van der Waals surface area contributed by atoms with Crippen molar-refractivity contribution < 1.29 is 10.0 Å². The first kappa shape index (κ1) is 18.9. The normalized spacial score (nSPS) is 10.7. The minimum absolute atomic E-state index is 0.257. The molecule has 19 heavy (non-hydrogen) atoms. The molecule has 0 aromatic carbocycles. The predicted molar refractivity (Wildman–Crippen MR) is 83.3 cm³/mol. The number of nitrogens with zero attached hydrogens (tertiary/aromatic N) is 1. The van der Waals surface area contributed by atoms with E-state index in [2.05, 4.69) is 23.1 Å². The molecule has 0 bridgehead atoms. The van der Waals surface area contributed by atoms with Gasteiger partial charge in [0.15, 0.2) is 0 Å². The van der Waals surface area contributed by atoms with Gasteiger partial charge in [-0.15, -0.1) is 0 Å². The second kappa shape index (κ2) is 14.3. The number of carbonyl (C=O) groups is 1. The third kappa shape index (κ3) is 14.1. The molecular weight excluding hydrogens is 306 g/mol. The van der Waals surface area contributed by atoms with E-state index in [1.54, 1.807) is 0 Å². The Morgan fingerprint density at radius 3 is 1.58 bits per heavy atom. The molecule has 0 aliphatic rings. The zero-order valence-corrected chi connectivity index (χ0v) is 14.0. The summed E-state index contributed by atoms with van der Waals surface area (Å²) in [4.78, 5) is 11.1. The molecule has 0 saturated heterocycles. The quantitative estimate of drug-likeness (QED) is 0.206. The summed E-state index contributed by atoms with van der Waals surface area (Å²) in [6.45, 7) is 2.25. The maximum absolute atomic E-state index is 11.1. The van der Waals surface area contributed by atoms with Gasteiger partial charge in [-0.05, 0) is 6.42 Å². The number of rotatable bonds is 13. The molecule has 0 unspecified atom stereocenters. The van der Waals surface area contributed by atoms with Gasteiger partial charge < -0.3 is 0 Å². The monoisotopic (exact) mass is 335 g/mol. The van der Waals surface area contributed by atoms with Gasteiger partial charge in [0.2, 0.25) is 0 Å². The summed E-state index contributed by atoms with van der Waals surface area (Å²) in [5, 5.41) is 8.80. The van der Waals surface area contributed by atoms with Crippen molar-refractivity contribution in [2.24, 2.45) is 0 Å². The first-order valence-electron chi connectivity index (χ1n) is 7.86. The topological polar surface area (TPSA) is 40.5 Å². The second-order valence-electron chi connectivity index (χ2n) is 5.29. The summed E-state index contributed by atoms with van der Waals surface area (Å²) in [6.07, 6.45) is 15.8. The van der Waals surface area contributed by atoms with Crippen LogP contribution in [0.4, 0.5) is 0 Å². The molecule has 0 aliphatic carbocycles. The summed E-state index contributed by atoms with van der Waals surface area (Å²) in [5.41, 5.74) is 0. The van der Waals surface area contributed by atoms with Crippen molar-refractivity contribution in [1.29, 1.82) is 0 Å². The van der Waals surface area contributed by atoms with E-state index in [4.69, 9.17) is 5.21 Å². The number of halogens is 1. The van der Waals surface area contributed by atoms with Crippen molar-refractivity contribution >= 4 is 22.1 Å². The highest BCUT2D eigenvalue weighted by Crippen LogP contribution is 2.12. The largest absolute Gasteiger partial charge is 0.275 e. The van der Waals surface area contributed by atoms with Gasteiger partial charge in [0.25, 0.3) is 5.91 Å². The standard InChI is InChI=1S/C15H30BrNO2/c1-2-3-4-5-6-7-8-9-10-11-12-13-14-15(18)17(16)19/h19H,2-14H2,1H3. The van der Waals surface area contributed by atoms with Gasteiger partial charge in [-0.25, -0.2) is 0 Å². The fourth-order valence-electron chi connectivity index (χ4n) is 2.21. The lowest BCUT2D eigenvalue weighted by Gasteiger charge is -2.05. The molecular formula is C15H30BrNO2. The second-order valence-corrected chi connectivity index (χ2v) is 5.96. The van der Waals surface area contributed by atoms with Crippen LogP contribution in [0, 0.1) is 0 Å². The first-order valence-corrected chi connectivity index (χ1v) is 8.57. The molecule has 0 radical (unpaired) electrons. The molecule has 1 N–H and O–H groups in total. The van der Waals surface area contributed by atoms with Crippen LogP contribution in [0.3, 0.4) is 0 Å². The number of amides is 1. The van der Waals surface area contributed by atoms with Crippen molar-refractivity contribution in [2.45, 2.75) is 90.4 Å². The van der Waals surface area contributed by atoms with Crippen LogP contribution in [0.5, 0.6) is 0 Å². The lowest BCUT2D eigenvalue weighted by atomic mass is 10.0. The molecule has 0 fully saturated rings. The molecule has 4 heteroatoms. The molecule has 0 aliphatic heterocycles. The van der Waals surface area contributed by atoms with E-state index in [0.717, 1.165) is 12.8 Å². The minimum atomic E-state index is -0.257. The van der Waals surface area contributed by atoms with Gasteiger partial charge in [0, 0.05) is 6.42 Å². The Balaban J connectivity index is 3.05. The fourth-order valence-corrected chi connectivity index (χ4v) is 2.39. The Kier molecular flexibility index (Phi) is 14.3. The van der Waals surface area contributed by atoms with Crippen molar-refractivity contribution in [1.82, 2.24) is 4.09 Å². The van der Waals surface area contributed by atoms with Crippen LogP contribution in [0.25, 0.3) is 0 Å². The SMILES string of the molecule is CCCCCCCCCCCCCCC(=O)N(O)Br. The highest BCUT2D eigenvalue weighted by atomic mass is 79.9. The van der Waals surface area contributed by atoms with Gasteiger partial charge in [0.05, 0.1) is 16.1 Å². The molecule has 1 amide bonds. The van der Waals surface area contributed by atoms with Crippen LogP contribution in [0.15, 0.2) is 0 Å². The van der Waals surface area contributed by atoms with Gasteiger partial charge in [-0.3, -0.25) is 10.0 Å². The van der Waals surface area contributed by atoms with E-state index in [9.17, 15) is 4.79 Å². The average molecular weight is 336 g/mol. The van der Waals surface area contributed by atoms with Gasteiger partial charge in [0.1, 0.15) is 0 Å². The Morgan fingerprint density at radius 1 is 0.842 bits per heavy atom. The van der Waals surface area contributed by atoms with E-state index in [-0.39, 0.29) is 5.91 Å². The summed E-state index contributed by atoms with van der Waals surface area (Å²) >= 11 is 2.71. The maximum atomic E-state index is 11.1. The Morgan fingerprint density at radius 2 is 1.21 bits per heavy atom. The van der Waals surface area contributed by atoms with Crippen molar-refractivity contribution in [3.63, 3.8) is 0 Å². The number of carbonyl (C=O) groups excluding carboxylic acids is 1. The number of hydrogen-bond acceptors (Lipinski definition) is 2. The van der Waals surface area contributed by atoms with E-state index < -0.39 is 0 Å². The third-order valence-electron chi connectivity index (χ3n) is 3.45. The van der Waals surface area contributed by atoms with E-state index in [1.165, 1.54) is 64.2 Å². The summed E-state index contributed by atoms with van der Waals surface area (Å²) in [6, 6.07) is 0. The van der Waals surface area contributed by atoms with Gasteiger partial charge in [-0.1, -0.05) is 77.6 Å². The number of unbranched alkanes of at least 4 members (excludes halogenated alkanes) is 11. The molecule has 0 aromatic heterocycles. The zero-order valence-electron chi connectivity index (χ0n) is 12.4. The molecule has 0 spiro atoms. The average Bonchev–Trinajstić information content (AvgIpc) is 2.39.